The van der Waals surface area contributed by atoms with E-state index in [9.17, 15) is 0 Å². The summed E-state index contributed by atoms with van der Waals surface area (Å²) < 4.78 is 5.37. The van der Waals surface area contributed by atoms with Crippen molar-refractivity contribution in [3.63, 3.8) is 0 Å². The van der Waals surface area contributed by atoms with Gasteiger partial charge in [-0.2, -0.15) is 0 Å². The average molecular weight is 205 g/mol. The first kappa shape index (κ1) is 10.5. The summed E-state index contributed by atoms with van der Waals surface area (Å²) in [4.78, 5) is 0. The van der Waals surface area contributed by atoms with Gasteiger partial charge >= 0.3 is 0 Å². The highest BCUT2D eigenvalue weighted by Crippen LogP contribution is 2.24. The highest BCUT2D eigenvalue weighted by molar-refractivity contribution is 5.33. The number of piperidine rings is 1. The summed E-state index contributed by atoms with van der Waals surface area (Å²) in [6.45, 7) is 2.33. The van der Waals surface area contributed by atoms with Gasteiger partial charge in [0.25, 0.3) is 0 Å². The molecule has 1 N–H and O–H groups in total. The molecule has 1 fully saturated rings. The predicted molar refractivity (Wildman–Crippen MR) is 62.3 cm³/mol. The maximum atomic E-state index is 5.37. The van der Waals surface area contributed by atoms with Gasteiger partial charge in [0, 0.05) is 0 Å². The Balaban J connectivity index is 2.02. The lowest BCUT2D eigenvalue weighted by atomic mass is 9.91. The molecule has 0 aromatic heterocycles. The quantitative estimate of drug-likeness (QED) is 0.817. The second-order valence-corrected chi connectivity index (χ2v) is 4.21. The maximum Gasteiger partial charge on any atom is 0.122 e. The molecule has 1 aliphatic rings. The summed E-state index contributed by atoms with van der Waals surface area (Å²) in [6, 6.07) is 8.36. The Kier molecular flexibility index (Phi) is 3.62. The minimum atomic E-state index is 0.822. The monoisotopic (exact) mass is 205 g/mol. The van der Waals surface area contributed by atoms with Crippen LogP contribution in [-0.2, 0) is 6.42 Å². The van der Waals surface area contributed by atoms with Crippen molar-refractivity contribution in [1.29, 1.82) is 0 Å². The highest BCUT2D eigenvalue weighted by atomic mass is 16.5. The second kappa shape index (κ2) is 5.17. The van der Waals surface area contributed by atoms with Gasteiger partial charge in [-0.15, -0.1) is 0 Å². The smallest absolute Gasteiger partial charge is 0.122 e. The molecule has 0 bridgehead atoms. The van der Waals surface area contributed by atoms with Crippen LogP contribution in [0.25, 0.3) is 0 Å². The van der Waals surface area contributed by atoms with Crippen LogP contribution in [0.1, 0.15) is 18.4 Å². The third-order valence-corrected chi connectivity index (χ3v) is 3.16. The largest absolute Gasteiger partial charge is 0.496 e. The third-order valence-electron chi connectivity index (χ3n) is 3.16. The highest BCUT2D eigenvalue weighted by Gasteiger charge is 2.15. The van der Waals surface area contributed by atoms with E-state index >= 15 is 0 Å². The average Bonchev–Trinajstić information content (AvgIpc) is 2.31. The summed E-state index contributed by atoms with van der Waals surface area (Å²) in [5.41, 5.74) is 1.35. The van der Waals surface area contributed by atoms with E-state index in [0.717, 1.165) is 18.1 Å². The molecule has 0 radical (unpaired) electrons. The zero-order chi connectivity index (χ0) is 10.5. The van der Waals surface area contributed by atoms with Gasteiger partial charge < -0.3 is 10.1 Å². The number of methoxy groups -OCH3 is 1. The molecule has 1 aromatic rings. The Hall–Kier alpha value is -1.02. The molecule has 82 valence electrons. The number of ether oxygens (including phenoxy) is 1. The minimum absolute atomic E-state index is 0.822. The first-order chi connectivity index (χ1) is 7.40. The zero-order valence-corrected chi connectivity index (χ0v) is 9.33. The van der Waals surface area contributed by atoms with E-state index in [1.54, 1.807) is 7.11 Å². The van der Waals surface area contributed by atoms with Crippen LogP contribution in [0, 0.1) is 5.92 Å². The molecule has 1 saturated heterocycles. The Morgan fingerprint density at radius 2 is 2.00 bits per heavy atom. The molecule has 1 heterocycles. The topological polar surface area (TPSA) is 21.3 Å². The fraction of sp³-hybridized carbons (Fsp3) is 0.538. The van der Waals surface area contributed by atoms with Gasteiger partial charge in [0.05, 0.1) is 7.11 Å². The molecule has 1 aliphatic heterocycles. The van der Waals surface area contributed by atoms with E-state index in [0.29, 0.717) is 0 Å². The van der Waals surface area contributed by atoms with E-state index < -0.39 is 0 Å². The van der Waals surface area contributed by atoms with Crippen LogP contribution in [-0.4, -0.2) is 20.2 Å². The van der Waals surface area contributed by atoms with Gasteiger partial charge in [-0.05, 0) is 49.9 Å². The van der Waals surface area contributed by atoms with Gasteiger partial charge in [-0.1, -0.05) is 18.2 Å². The first-order valence-electron chi connectivity index (χ1n) is 5.73. The van der Waals surface area contributed by atoms with Crippen LogP contribution in [0.4, 0.5) is 0 Å². The van der Waals surface area contributed by atoms with E-state index in [1.807, 2.05) is 6.07 Å². The molecule has 0 amide bonds. The number of benzene rings is 1. The molecule has 15 heavy (non-hydrogen) atoms. The molecule has 0 saturated carbocycles. The van der Waals surface area contributed by atoms with Crippen molar-refractivity contribution in [2.75, 3.05) is 20.2 Å². The lowest BCUT2D eigenvalue weighted by Crippen LogP contribution is -2.28. The lowest BCUT2D eigenvalue weighted by Gasteiger charge is -2.23. The van der Waals surface area contributed by atoms with Crippen molar-refractivity contribution in [2.24, 2.45) is 5.92 Å². The molecule has 0 aliphatic carbocycles. The summed E-state index contributed by atoms with van der Waals surface area (Å²) in [5.74, 6) is 1.86. The van der Waals surface area contributed by atoms with E-state index in [4.69, 9.17) is 4.74 Å². The minimum Gasteiger partial charge on any atom is -0.496 e. The summed E-state index contributed by atoms with van der Waals surface area (Å²) >= 11 is 0. The number of rotatable bonds is 3. The molecule has 2 nitrogen and oxygen atoms in total. The number of hydrogen-bond donors (Lipinski definition) is 1. The SMILES string of the molecule is COc1ccccc1CC1CCNCC1. The Bertz CT molecular complexity index is 305. The van der Waals surface area contributed by atoms with Gasteiger partial charge in [0.2, 0.25) is 0 Å². The van der Waals surface area contributed by atoms with Crippen LogP contribution in [0.5, 0.6) is 5.75 Å². The van der Waals surface area contributed by atoms with Crippen molar-refractivity contribution in [3.8, 4) is 5.75 Å². The van der Waals surface area contributed by atoms with Crippen LogP contribution < -0.4 is 10.1 Å². The van der Waals surface area contributed by atoms with Gasteiger partial charge in [0.1, 0.15) is 5.75 Å². The Morgan fingerprint density at radius 3 is 2.73 bits per heavy atom. The van der Waals surface area contributed by atoms with Crippen molar-refractivity contribution in [1.82, 2.24) is 5.32 Å². The molecular formula is C13H19NO. The number of hydrogen-bond acceptors (Lipinski definition) is 2. The number of nitrogens with one attached hydrogen (secondary N) is 1. The molecule has 2 heteroatoms. The van der Waals surface area contributed by atoms with Crippen molar-refractivity contribution in [2.45, 2.75) is 19.3 Å². The van der Waals surface area contributed by atoms with Crippen LogP contribution >= 0.6 is 0 Å². The van der Waals surface area contributed by atoms with Gasteiger partial charge in [-0.25, -0.2) is 0 Å². The lowest BCUT2D eigenvalue weighted by molar-refractivity contribution is 0.361. The summed E-state index contributed by atoms with van der Waals surface area (Å²) in [7, 11) is 1.75. The van der Waals surface area contributed by atoms with Crippen LogP contribution in [0.3, 0.4) is 0 Å². The summed E-state index contributed by atoms with van der Waals surface area (Å²) in [5, 5.41) is 3.40. The fourth-order valence-corrected chi connectivity index (χ4v) is 2.27. The second-order valence-electron chi connectivity index (χ2n) is 4.21. The van der Waals surface area contributed by atoms with Crippen molar-refractivity contribution in [3.05, 3.63) is 29.8 Å². The van der Waals surface area contributed by atoms with Crippen LogP contribution in [0.15, 0.2) is 24.3 Å². The number of para-hydroxylation sites is 1. The van der Waals surface area contributed by atoms with Crippen molar-refractivity contribution < 1.29 is 4.74 Å². The van der Waals surface area contributed by atoms with E-state index in [1.165, 1.54) is 31.5 Å². The molecule has 2 rings (SSSR count). The maximum absolute atomic E-state index is 5.37. The normalized spacial score (nSPS) is 17.7. The Labute approximate surface area is 91.6 Å². The van der Waals surface area contributed by atoms with Crippen molar-refractivity contribution >= 4 is 0 Å². The van der Waals surface area contributed by atoms with E-state index in [2.05, 4.69) is 23.5 Å². The van der Waals surface area contributed by atoms with Gasteiger partial charge in [0.15, 0.2) is 0 Å². The molecule has 0 atom stereocenters. The summed E-state index contributed by atoms with van der Waals surface area (Å²) in [6.07, 6.45) is 3.74. The molecule has 0 unspecified atom stereocenters. The Morgan fingerprint density at radius 1 is 1.27 bits per heavy atom. The van der Waals surface area contributed by atoms with Gasteiger partial charge in [-0.3, -0.25) is 0 Å². The fourth-order valence-electron chi connectivity index (χ4n) is 2.27. The first-order valence-corrected chi connectivity index (χ1v) is 5.73. The molecule has 1 aromatic carbocycles. The zero-order valence-electron chi connectivity index (χ0n) is 9.33. The molecular weight excluding hydrogens is 186 g/mol. The third kappa shape index (κ3) is 2.72. The molecule has 0 spiro atoms. The van der Waals surface area contributed by atoms with Crippen LogP contribution in [0.2, 0.25) is 0 Å². The standard InChI is InChI=1S/C13H19NO/c1-15-13-5-3-2-4-12(13)10-11-6-8-14-9-7-11/h2-5,11,14H,6-10H2,1H3. The van der Waals surface area contributed by atoms with E-state index in [-0.39, 0.29) is 0 Å². The predicted octanol–water partition coefficient (Wildman–Crippen LogP) is 2.24.